The molecule has 0 unspecified atom stereocenters. The van der Waals surface area contributed by atoms with Crippen molar-refractivity contribution in [2.75, 3.05) is 11.1 Å². The topological polar surface area (TPSA) is 50.9 Å². The van der Waals surface area contributed by atoms with Gasteiger partial charge in [0.25, 0.3) is 0 Å². The molecule has 1 aromatic carbocycles. The monoisotopic (exact) mass is 253 g/mol. The summed E-state index contributed by atoms with van der Waals surface area (Å²) in [4.78, 5) is 4.10. The van der Waals surface area contributed by atoms with Crippen LogP contribution in [0.25, 0.3) is 0 Å². The van der Waals surface area contributed by atoms with Crippen molar-refractivity contribution in [1.29, 1.82) is 0 Å². The van der Waals surface area contributed by atoms with Crippen LogP contribution in [-0.4, -0.2) is 4.98 Å². The lowest BCUT2D eigenvalue weighted by Gasteiger charge is -2.08. The standard InChI is InChI=1S/C11H9Cl2N3/c12-7-4-5-8(13)9(6-7)15-11-3-1-2-10(14)16-11/h1-6H,(H3,14,15,16). The number of pyridine rings is 1. The third-order valence-corrected chi connectivity index (χ3v) is 2.53. The lowest BCUT2D eigenvalue weighted by Crippen LogP contribution is -1.97. The molecule has 2 rings (SSSR count). The first-order valence-corrected chi connectivity index (χ1v) is 5.35. The lowest BCUT2D eigenvalue weighted by molar-refractivity contribution is 1.32. The minimum atomic E-state index is 0.447. The first kappa shape index (κ1) is 11.0. The maximum Gasteiger partial charge on any atom is 0.132 e. The second-order valence-corrected chi connectivity index (χ2v) is 4.04. The molecular formula is C11H9Cl2N3. The van der Waals surface area contributed by atoms with Crippen molar-refractivity contribution in [2.24, 2.45) is 0 Å². The second kappa shape index (κ2) is 4.60. The van der Waals surface area contributed by atoms with E-state index in [0.717, 1.165) is 0 Å². The Hall–Kier alpha value is -1.45. The molecule has 1 heterocycles. The number of nitrogens with two attached hydrogens (primary N) is 1. The molecule has 2 aromatic rings. The van der Waals surface area contributed by atoms with E-state index in [1.165, 1.54) is 0 Å². The number of benzene rings is 1. The summed E-state index contributed by atoms with van der Waals surface area (Å²) in [5, 5.41) is 4.23. The molecule has 0 saturated heterocycles. The Morgan fingerprint density at radius 2 is 1.94 bits per heavy atom. The van der Waals surface area contributed by atoms with Gasteiger partial charge in [-0.05, 0) is 30.3 Å². The Morgan fingerprint density at radius 3 is 2.69 bits per heavy atom. The van der Waals surface area contributed by atoms with Gasteiger partial charge in [0.1, 0.15) is 11.6 Å². The summed E-state index contributed by atoms with van der Waals surface area (Å²) >= 11 is 11.9. The van der Waals surface area contributed by atoms with Gasteiger partial charge in [0.15, 0.2) is 0 Å². The van der Waals surface area contributed by atoms with Gasteiger partial charge in [-0.3, -0.25) is 0 Å². The molecule has 0 saturated carbocycles. The fourth-order valence-corrected chi connectivity index (χ4v) is 1.59. The van der Waals surface area contributed by atoms with E-state index in [9.17, 15) is 0 Å². The third-order valence-electron chi connectivity index (χ3n) is 1.96. The predicted molar refractivity (Wildman–Crippen MR) is 68.4 cm³/mol. The summed E-state index contributed by atoms with van der Waals surface area (Å²) < 4.78 is 0. The van der Waals surface area contributed by atoms with E-state index in [0.29, 0.717) is 27.4 Å². The molecule has 82 valence electrons. The zero-order valence-electron chi connectivity index (χ0n) is 8.24. The molecule has 0 spiro atoms. The van der Waals surface area contributed by atoms with Gasteiger partial charge in [-0.2, -0.15) is 0 Å². The largest absolute Gasteiger partial charge is 0.384 e. The van der Waals surface area contributed by atoms with Gasteiger partial charge < -0.3 is 11.1 Å². The average molecular weight is 254 g/mol. The van der Waals surface area contributed by atoms with Crippen molar-refractivity contribution >= 4 is 40.5 Å². The normalized spacial score (nSPS) is 10.1. The van der Waals surface area contributed by atoms with Crippen molar-refractivity contribution in [2.45, 2.75) is 0 Å². The number of nitrogens with one attached hydrogen (secondary N) is 1. The van der Waals surface area contributed by atoms with Crippen LogP contribution in [0.5, 0.6) is 0 Å². The van der Waals surface area contributed by atoms with Gasteiger partial charge in [-0.15, -0.1) is 0 Å². The van der Waals surface area contributed by atoms with Crippen LogP contribution in [0.3, 0.4) is 0 Å². The minimum Gasteiger partial charge on any atom is -0.384 e. The van der Waals surface area contributed by atoms with Crippen molar-refractivity contribution in [3.05, 3.63) is 46.4 Å². The summed E-state index contributed by atoms with van der Waals surface area (Å²) in [5.74, 6) is 1.08. The predicted octanol–water partition coefficient (Wildman–Crippen LogP) is 3.71. The molecule has 0 fully saturated rings. The summed E-state index contributed by atoms with van der Waals surface area (Å²) in [7, 11) is 0. The summed E-state index contributed by atoms with van der Waals surface area (Å²) in [6.45, 7) is 0. The average Bonchev–Trinajstić information content (AvgIpc) is 2.24. The number of rotatable bonds is 2. The van der Waals surface area contributed by atoms with E-state index in [2.05, 4.69) is 10.3 Å². The first-order valence-electron chi connectivity index (χ1n) is 4.60. The third kappa shape index (κ3) is 2.56. The Labute approximate surface area is 103 Å². The van der Waals surface area contributed by atoms with Gasteiger partial charge in [0, 0.05) is 5.02 Å². The van der Waals surface area contributed by atoms with Gasteiger partial charge in [0.05, 0.1) is 10.7 Å². The van der Waals surface area contributed by atoms with Crippen molar-refractivity contribution in [1.82, 2.24) is 4.98 Å². The van der Waals surface area contributed by atoms with Crippen molar-refractivity contribution < 1.29 is 0 Å². The number of hydrogen-bond donors (Lipinski definition) is 2. The van der Waals surface area contributed by atoms with E-state index in [1.807, 2.05) is 6.07 Å². The Morgan fingerprint density at radius 1 is 1.12 bits per heavy atom. The first-order chi connectivity index (χ1) is 7.65. The number of nitrogens with zero attached hydrogens (tertiary/aromatic N) is 1. The van der Waals surface area contributed by atoms with E-state index >= 15 is 0 Å². The van der Waals surface area contributed by atoms with E-state index in [1.54, 1.807) is 30.3 Å². The SMILES string of the molecule is Nc1cccc(Nc2cc(Cl)ccc2Cl)n1. The van der Waals surface area contributed by atoms with E-state index in [-0.39, 0.29) is 0 Å². The minimum absolute atomic E-state index is 0.447. The van der Waals surface area contributed by atoms with Gasteiger partial charge in [-0.25, -0.2) is 4.98 Å². The molecule has 3 N–H and O–H groups in total. The Bertz CT molecular complexity index is 514. The van der Waals surface area contributed by atoms with Gasteiger partial charge >= 0.3 is 0 Å². The zero-order chi connectivity index (χ0) is 11.5. The van der Waals surface area contributed by atoms with Crippen LogP contribution in [0.1, 0.15) is 0 Å². The summed E-state index contributed by atoms with van der Waals surface area (Å²) in [6.07, 6.45) is 0. The highest BCUT2D eigenvalue weighted by Crippen LogP contribution is 2.27. The van der Waals surface area contributed by atoms with Gasteiger partial charge in [0.2, 0.25) is 0 Å². The molecule has 0 aliphatic rings. The molecule has 0 atom stereocenters. The molecule has 0 amide bonds. The number of hydrogen-bond acceptors (Lipinski definition) is 3. The smallest absolute Gasteiger partial charge is 0.132 e. The molecule has 1 aromatic heterocycles. The fourth-order valence-electron chi connectivity index (χ4n) is 1.25. The fraction of sp³-hybridized carbons (Fsp3) is 0. The highest BCUT2D eigenvalue weighted by molar-refractivity contribution is 6.35. The molecule has 0 radical (unpaired) electrons. The molecule has 0 aliphatic heterocycles. The molecule has 0 bridgehead atoms. The maximum atomic E-state index is 6.01. The van der Waals surface area contributed by atoms with Gasteiger partial charge in [-0.1, -0.05) is 29.3 Å². The quantitative estimate of drug-likeness (QED) is 0.858. The number of nitrogen functional groups attached to an aromatic ring is 1. The lowest BCUT2D eigenvalue weighted by atomic mass is 10.3. The summed E-state index contributed by atoms with van der Waals surface area (Å²) in [5.41, 5.74) is 6.27. The highest BCUT2D eigenvalue weighted by Gasteiger charge is 2.02. The maximum absolute atomic E-state index is 6.01. The zero-order valence-corrected chi connectivity index (χ0v) is 9.76. The van der Waals surface area contributed by atoms with E-state index < -0.39 is 0 Å². The Balaban J connectivity index is 2.30. The van der Waals surface area contributed by atoms with Crippen LogP contribution in [0.4, 0.5) is 17.3 Å². The van der Waals surface area contributed by atoms with Crippen LogP contribution in [-0.2, 0) is 0 Å². The highest BCUT2D eigenvalue weighted by atomic mass is 35.5. The molecule has 0 aliphatic carbocycles. The van der Waals surface area contributed by atoms with Crippen molar-refractivity contribution in [3.8, 4) is 0 Å². The van der Waals surface area contributed by atoms with E-state index in [4.69, 9.17) is 28.9 Å². The van der Waals surface area contributed by atoms with Crippen molar-refractivity contribution in [3.63, 3.8) is 0 Å². The molecule has 16 heavy (non-hydrogen) atoms. The van der Waals surface area contributed by atoms with Crippen LogP contribution in [0, 0.1) is 0 Å². The summed E-state index contributed by atoms with van der Waals surface area (Å²) in [6, 6.07) is 10.5. The molecule has 5 heteroatoms. The van der Waals surface area contributed by atoms with Crippen LogP contribution >= 0.6 is 23.2 Å². The second-order valence-electron chi connectivity index (χ2n) is 3.20. The van der Waals surface area contributed by atoms with Crippen LogP contribution in [0.15, 0.2) is 36.4 Å². The number of anilines is 3. The number of aromatic nitrogens is 1. The van der Waals surface area contributed by atoms with Crippen LogP contribution in [0.2, 0.25) is 10.0 Å². The number of halogens is 2. The molecular weight excluding hydrogens is 245 g/mol. The van der Waals surface area contributed by atoms with Crippen LogP contribution < -0.4 is 11.1 Å². The Kier molecular flexibility index (Phi) is 3.17. The molecule has 3 nitrogen and oxygen atoms in total.